The molecule has 0 radical (unpaired) electrons. The summed E-state index contributed by atoms with van der Waals surface area (Å²) in [5, 5.41) is 13.4. The summed E-state index contributed by atoms with van der Waals surface area (Å²) in [7, 11) is 1.62. The monoisotopic (exact) mass is 325 g/mol. The van der Waals surface area contributed by atoms with Crippen molar-refractivity contribution in [3.63, 3.8) is 0 Å². The summed E-state index contributed by atoms with van der Waals surface area (Å²) < 4.78 is 7.67. The van der Waals surface area contributed by atoms with Crippen LogP contribution >= 0.6 is 27.3 Å². The quantitative estimate of drug-likeness (QED) is 0.738. The van der Waals surface area contributed by atoms with E-state index in [1.165, 1.54) is 11.3 Å². The van der Waals surface area contributed by atoms with Gasteiger partial charge in [-0.3, -0.25) is 4.98 Å². The Hall–Kier alpha value is -1.38. The highest BCUT2D eigenvalue weighted by molar-refractivity contribution is 9.10. The van der Waals surface area contributed by atoms with Crippen LogP contribution in [0.4, 0.5) is 0 Å². The second-order valence-electron chi connectivity index (χ2n) is 3.54. The number of pyridine rings is 1. The van der Waals surface area contributed by atoms with Crippen molar-refractivity contribution in [1.82, 2.24) is 24.8 Å². The van der Waals surface area contributed by atoms with Crippen LogP contribution in [0.25, 0.3) is 15.5 Å². The van der Waals surface area contributed by atoms with Crippen molar-refractivity contribution in [3.8, 4) is 10.6 Å². The normalized spacial score (nSPS) is 11.2. The van der Waals surface area contributed by atoms with Crippen molar-refractivity contribution in [2.75, 3.05) is 7.11 Å². The fourth-order valence-electron chi connectivity index (χ4n) is 1.52. The standard InChI is InChI=1S/C10H8BrN5OS/c1-17-5-8-13-14-10-16(8)15-9(18-10)6-2-7(11)4-12-3-6/h2-4H,5H2,1H3. The molecule has 3 aromatic rings. The number of hydrogen-bond donors (Lipinski definition) is 0. The summed E-state index contributed by atoms with van der Waals surface area (Å²) >= 11 is 4.86. The second-order valence-corrected chi connectivity index (χ2v) is 5.41. The average Bonchev–Trinajstić information content (AvgIpc) is 2.92. The molecule has 0 aliphatic carbocycles. The van der Waals surface area contributed by atoms with Gasteiger partial charge < -0.3 is 4.74 Å². The molecule has 0 aromatic carbocycles. The first-order valence-electron chi connectivity index (χ1n) is 5.09. The highest BCUT2D eigenvalue weighted by atomic mass is 79.9. The third kappa shape index (κ3) is 2.02. The first kappa shape index (κ1) is 11.7. The molecule has 8 heteroatoms. The van der Waals surface area contributed by atoms with E-state index >= 15 is 0 Å². The van der Waals surface area contributed by atoms with Crippen LogP contribution in [0.3, 0.4) is 0 Å². The molecule has 0 fully saturated rings. The van der Waals surface area contributed by atoms with Gasteiger partial charge in [-0.2, -0.15) is 9.61 Å². The number of ether oxygens (including phenoxy) is 1. The maximum Gasteiger partial charge on any atom is 0.235 e. The van der Waals surface area contributed by atoms with Crippen molar-refractivity contribution in [2.24, 2.45) is 0 Å². The zero-order chi connectivity index (χ0) is 12.5. The minimum absolute atomic E-state index is 0.390. The summed E-state index contributed by atoms with van der Waals surface area (Å²) in [6, 6.07) is 1.97. The molecule has 0 unspecified atom stereocenters. The highest BCUT2D eigenvalue weighted by Gasteiger charge is 2.12. The van der Waals surface area contributed by atoms with E-state index in [1.54, 1.807) is 24.0 Å². The van der Waals surface area contributed by atoms with Gasteiger partial charge >= 0.3 is 0 Å². The molecular weight excluding hydrogens is 318 g/mol. The van der Waals surface area contributed by atoms with Crippen LogP contribution in [0.2, 0.25) is 0 Å². The van der Waals surface area contributed by atoms with Gasteiger partial charge in [0.1, 0.15) is 11.6 Å². The topological polar surface area (TPSA) is 65.2 Å². The van der Waals surface area contributed by atoms with Gasteiger partial charge in [0, 0.05) is 29.5 Å². The zero-order valence-corrected chi connectivity index (χ0v) is 11.8. The molecule has 6 nitrogen and oxygen atoms in total. The average molecular weight is 326 g/mol. The fraction of sp³-hybridized carbons (Fsp3) is 0.200. The van der Waals surface area contributed by atoms with Gasteiger partial charge in [-0.25, -0.2) is 0 Å². The lowest BCUT2D eigenvalue weighted by Gasteiger charge is -1.95. The van der Waals surface area contributed by atoms with Crippen LogP contribution < -0.4 is 0 Å². The molecule has 0 saturated heterocycles. The van der Waals surface area contributed by atoms with Crippen molar-refractivity contribution in [2.45, 2.75) is 6.61 Å². The minimum Gasteiger partial charge on any atom is -0.377 e. The lowest BCUT2D eigenvalue weighted by Crippen LogP contribution is -1.97. The van der Waals surface area contributed by atoms with E-state index in [4.69, 9.17) is 4.74 Å². The number of hydrogen-bond acceptors (Lipinski definition) is 6. The summed E-state index contributed by atoms with van der Waals surface area (Å²) in [5.41, 5.74) is 0.947. The van der Waals surface area contributed by atoms with Gasteiger partial charge in [-0.1, -0.05) is 11.3 Å². The molecule has 92 valence electrons. The number of nitrogens with zero attached hydrogens (tertiary/aromatic N) is 5. The SMILES string of the molecule is COCc1nnc2sc(-c3cncc(Br)c3)nn12. The third-order valence-electron chi connectivity index (χ3n) is 2.28. The Morgan fingerprint density at radius 3 is 3.06 bits per heavy atom. The van der Waals surface area contributed by atoms with Gasteiger partial charge in [0.25, 0.3) is 0 Å². The van der Waals surface area contributed by atoms with E-state index in [2.05, 4.69) is 36.2 Å². The lowest BCUT2D eigenvalue weighted by atomic mass is 10.3. The van der Waals surface area contributed by atoms with E-state index in [-0.39, 0.29) is 0 Å². The Labute approximate surface area is 115 Å². The molecule has 0 aliphatic heterocycles. The lowest BCUT2D eigenvalue weighted by molar-refractivity contribution is 0.176. The maximum absolute atomic E-state index is 5.05. The molecule has 18 heavy (non-hydrogen) atoms. The Balaban J connectivity index is 2.08. The molecule has 3 rings (SSSR count). The molecule has 0 saturated carbocycles. The Bertz CT molecular complexity index is 694. The highest BCUT2D eigenvalue weighted by Crippen LogP contribution is 2.26. The van der Waals surface area contributed by atoms with Crippen LogP contribution in [-0.2, 0) is 11.3 Å². The number of fused-ring (bicyclic) bond motifs is 1. The molecule has 0 amide bonds. The third-order valence-corrected chi connectivity index (χ3v) is 3.66. The van der Waals surface area contributed by atoms with E-state index in [9.17, 15) is 0 Å². The number of rotatable bonds is 3. The van der Waals surface area contributed by atoms with Gasteiger partial charge in [-0.05, 0) is 22.0 Å². The smallest absolute Gasteiger partial charge is 0.235 e. The molecule has 0 aliphatic rings. The first-order chi connectivity index (χ1) is 8.78. The molecule has 0 atom stereocenters. The fourth-order valence-corrected chi connectivity index (χ4v) is 2.73. The summed E-state index contributed by atoms with van der Waals surface area (Å²) in [5.74, 6) is 0.693. The predicted octanol–water partition coefficient (Wildman–Crippen LogP) is 2.16. The Kier molecular flexibility index (Phi) is 3.06. The summed E-state index contributed by atoms with van der Waals surface area (Å²) in [6.07, 6.45) is 3.51. The zero-order valence-electron chi connectivity index (χ0n) is 9.37. The van der Waals surface area contributed by atoms with E-state index in [0.29, 0.717) is 12.4 Å². The molecule has 0 N–H and O–H groups in total. The van der Waals surface area contributed by atoms with Crippen molar-refractivity contribution in [3.05, 3.63) is 28.8 Å². The number of methoxy groups -OCH3 is 1. The van der Waals surface area contributed by atoms with Gasteiger partial charge in [0.2, 0.25) is 4.96 Å². The summed E-state index contributed by atoms with van der Waals surface area (Å²) in [4.78, 5) is 4.87. The second kappa shape index (κ2) is 4.71. The molecule has 3 aromatic heterocycles. The number of halogens is 1. The van der Waals surface area contributed by atoms with Crippen molar-refractivity contribution >= 4 is 32.2 Å². The van der Waals surface area contributed by atoms with Crippen molar-refractivity contribution < 1.29 is 4.74 Å². The molecule has 3 heterocycles. The van der Waals surface area contributed by atoms with E-state index in [1.807, 2.05) is 6.07 Å². The van der Waals surface area contributed by atoms with Crippen LogP contribution in [0, 0.1) is 0 Å². The van der Waals surface area contributed by atoms with Gasteiger partial charge in [0.15, 0.2) is 5.82 Å². The molecule has 0 bridgehead atoms. The predicted molar refractivity (Wildman–Crippen MR) is 70.3 cm³/mol. The largest absolute Gasteiger partial charge is 0.377 e. The molecular formula is C10H8BrN5OS. The minimum atomic E-state index is 0.390. The van der Waals surface area contributed by atoms with Gasteiger partial charge in [-0.15, -0.1) is 10.2 Å². The first-order valence-corrected chi connectivity index (χ1v) is 6.70. The maximum atomic E-state index is 5.05. The summed E-state index contributed by atoms with van der Waals surface area (Å²) in [6.45, 7) is 0.390. The van der Waals surface area contributed by atoms with Crippen LogP contribution in [-0.4, -0.2) is 31.9 Å². The number of aromatic nitrogens is 5. The van der Waals surface area contributed by atoms with Crippen LogP contribution in [0.1, 0.15) is 5.82 Å². The Morgan fingerprint density at radius 1 is 1.39 bits per heavy atom. The molecule has 0 spiro atoms. The van der Waals surface area contributed by atoms with E-state index in [0.717, 1.165) is 20.0 Å². The van der Waals surface area contributed by atoms with Crippen LogP contribution in [0.5, 0.6) is 0 Å². The van der Waals surface area contributed by atoms with Crippen LogP contribution in [0.15, 0.2) is 22.9 Å². The van der Waals surface area contributed by atoms with Crippen molar-refractivity contribution in [1.29, 1.82) is 0 Å². The van der Waals surface area contributed by atoms with E-state index < -0.39 is 0 Å². The van der Waals surface area contributed by atoms with Gasteiger partial charge in [0.05, 0.1) is 0 Å². The Morgan fingerprint density at radius 2 is 2.28 bits per heavy atom.